The third-order valence-electron chi connectivity index (χ3n) is 2.80. The number of nitrogens with two attached hydrogens (primary N) is 1. The fourth-order valence-electron chi connectivity index (χ4n) is 1.88. The predicted octanol–water partition coefficient (Wildman–Crippen LogP) is 1.54. The summed E-state index contributed by atoms with van der Waals surface area (Å²) in [4.78, 5) is 20.3. The van der Waals surface area contributed by atoms with E-state index >= 15 is 0 Å². The zero-order valence-corrected chi connectivity index (χ0v) is 11.8. The van der Waals surface area contributed by atoms with Crippen LogP contribution in [0.5, 0.6) is 0 Å². The van der Waals surface area contributed by atoms with Crippen LogP contribution in [-0.2, 0) is 4.79 Å². The maximum absolute atomic E-state index is 11.9. The van der Waals surface area contributed by atoms with Crippen molar-refractivity contribution < 1.29 is 4.79 Å². The molecule has 1 heterocycles. The summed E-state index contributed by atoms with van der Waals surface area (Å²) in [6, 6.07) is 7.22. The van der Waals surface area contributed by atoms with E-state index in [4.69, 9.17) is 5.73 Å². The van der Waals surface area contributed by atoms with Gasteiger partial charge in [-0.3, -0.25) is 4.79 Å². The summed E-state index contributed by atoms with van der Waals surface area (Å²) in [5.74, 6) is 0.670. The molecule has 106 valence electrons. The summed E-state index contributed by atoms with van der Waals surface area (Å²) >= 11 is 0. The Hall–Kier alpha value is -2.37. The number of anilines is 2. The SMILES string of the molecule is CC(C)NC(=O)C(C)Nc1nc(N)nc2ccccc12. The summed E-state index contributed by atoms with van der Waals surface area (Å²) in [6.07, 6.45) is 0. The van der Waals surface area contributed by atoms with Crippen molar-refractivity contribution in [2.45, 2.75) is 32.9 Å². The van der Waals surface area contributed by atoms with Gasteiger partial charge in [-0.1, -0.05) is 12.1 Å². The minimum atomic E-state index is -0.407. The highest BCUT2D eigenvalue weighted by atomic mass is 16.2. The van der Waals surface area contributed by atoms with Gasteiger partial charge in [0.1, 0.15) is 11.9 Å². The Kier molecular flexibility index (Phi) is 4.02. The number of rotatable bonds is 4. The second-order valence-electron chi connectivity index (χ2n) is 4.98. The molecule has 0 saturated carbocycles. The number of nitrogens with one attached hydrogen (secondary N) is 2. The predicted molar refractivity (Wildman–Crippen MR) is 80.3 cm³/mol. The molecule has 2 rings (SSSR count). The standard InChI is InChI=1S/C14H19N5O/c1-8(2)16-13(20)9(3)17-12-10-6-4-5-7-11(10)18-14(15)19-12/h4-9H,1-3H3,(H,16,20)(H3,15,17,18,19). The molecule has 0 bridgehead atoms. The number of carbonyl (C=O) groups excluding carboxylic acids is 1. The van der Waals surface area contributed by atoms with Crippen molar-refractivity contribution in [2.24, 2.45) is 0 Å². The quantitative estimate of drug-likeness (QED) is 0.785. The van der Waals surface area contributed by atoms with Gasteiger partial charge in [0, 0.05) is 11.4 Å². The molecular formula is C14H19N5O. The Morgan fingerprint density at radius 1 is 1.20 bits per heavy atom. The van der Waals surface area contributed by atoms with Crippen LogP contribution in [0.3, 0.4) is 0 Å². The largest absolute Gasteiger partial charge is 0.368 e. The van der Waals surface area contributed by atoms with E-state index in [0.717, 1.165) is 10.9 Å². The third kappa shape index (κ3) is 3.14. The molecule has 0 aliphatic heterocycles. The Labute approximate surface area is 117 Å². The first-order valence-corrected chi connectivity index (χ1v) is 6.56. The Morgan fingerprint density at radius 2 is 1.90 bits per heavy atom. The molecule has 6 heteroatoms. The zero-order chi connectivity index (χ0) is 14.7. The number of para-hydroxylation sites is 1. The number of amides is 1. The highest BCUT2D eigenvalue weighted by Crippen LogP contribution is 2.21. The molecule has 1 aromatic carbocycles. The first kappa shape index (κ1) is 14.0. The molecule has 0 spiro atoms. The zero-order valence-electron chi connectivity index (χ0n) is 11.8. The average molecular weight is 273 g/mol. The average Bonchev–Trinajstić information content (AvgIpc) is 2.37. The number of hydrogen-bond donors (Lipinski definition) is 3. The number of hydrogen-bond acceptors (Lipinski definition) is 5. The Morgan fingerprint density at radius 3 is 2.60 bits per heavy atom. The van der Waals surface area contributed by atoms with E-state index in [-0.39, 0.29) is 17.9 Å². The summed E-state index contributed by atoms with van der Waals surface area (Å²) in [5.41, 5.74) is 6.44. The molecule has 0 saturated heterocycles. The van der Waals surface area contributed by atoms with Gasteiger partial charge in [-0.25, -0.2) is 4.98 Å². The second kappa shape index (κ2) is 5.73. The van der Waals surface area contributed by atoms with Crippen LogP contribution >= 0.6 is 0 Å². The molecule has 2 aromatic rings. The van der Waals surface area contributed by atoms with Crippen LogP contribution in [-0.4, -0.2) is 28.0 Å². The number of fused-ring (bicyclic) bond motifs is 1. The molecule has 0 aliphatic carbocycles. The summed E-state index contributed by atoms with van der Waals surface area (Å²) in [5, 5.41) is 6.78. The van der Waals surface area contributed by atoms with Crippen molar-refractivity contribution in [3.63, 3.8) is 0 Å². The minimum absolute atomic E-state index is 0.0822. The molecule has 1 amide bonds. The molecule has 1 unspecified atom stereocenters. The molecule has 4 N–H and O–H groups in total. The van der Waals surface area contributed by atoms with Gasteiger partial charge in [0.05, 0.1) is 5.52 Å². The van der Waals surface area contributed by atoms with E-state index in [1.54, 1.807) is 6.92 Å². The highest BCUT2D eigenvalue weighted by molar-refractivity contribution is 5.92. The molecule has 1 aromatic heterocycles. The number of nitrogen functional groups attached to an aromatic ring is 1. The number of aromatic nitrogens is 2. The molecule has 6 nitrogen and oxygen atoms in total. The summed E-state index contributed by atoms with van der Waals surface area (Å²) in [6.45, 7) is 5.62. The van der Waals surface area contributed by atoms with Crippen molar-refractivity contribution in [1.29, 1.82) is 0 Å². The molecule has 0 aliphatic rings. The molecular weight excluding hydrogens is 254 g/mol. The number of nitrogens with zero attached hydrogens (tertiary/aromatic N) is 2. The van der Waals surface area contributed by atoms with Crippen molar-refractivity contribution in [1.82, 2.24) is 15.3 Å². The fourth-order valence-corrected chi connectivity index (χ4v) is 1.88. The minimum Gasteiger partial charge on any atom is -0.368 e. The molecule has 1 atom stereocenters. The summed E-state index contributed by atoms with van der Waals surface area (Å²) in [7, 11) is 0. The lowest BCUT2D eigenvalue weighted by Crippen LogP contribution is -2.41. The van der Waals surface area contributed by atoms with Crippen LogP contribution in [0.25, 0.3) is 10.9 Å². The maximum Gasteiger partial charge on any atom is 0.242 e. The lowest BCUT2D eigenvalue weighted by atomic mass is 10.2. The van der Waals surface area contributed by atoms with Crippen LogP contribution in [0.1, 0.15) is 20.8 Å². The van der Waals surface area contributed by atoms with Crippen LogP contribution in [0.2, 0.25) is 0 Å². The van der Waals surface area contributed by atoms with Gasteiger partial charge in [0.2, 0.25) is 11.9 Å². The third-order valence-corrected chi connectivity index (χ3v) is 2.80. The first-order valence-electron chi connectivity index (χ1n) is 6.56. The molecule has 0 fully saturated rings. The lowest BCUT2D eigenvalue weighted by Gasteiger charge is -2.17. The Balaban J connectivity index is 2.27. The topological polar surface area (TPSA) is 92.9 Å². The molecule has 20 heavy (non-hydrogen) atoms. The van der Waals surface area contributed by atoms with Gasteiger partial charge in [-0.15, -0.1) is 0 Å². The van der Waals surface area contributed by atoms with Crippen LogP contribution < -0.4 is 16.4 Å². The van der Waals surface area contributed by atoms with Crippen molar-refractivity contribution in [3.8, 4) is 0 Å². The van der Waals surface area contributed by atoms with E-state index in [9.17, 15) is 4.79 Å². The van der Waals surface area contributed by atoms with Gasteiger partial charge >= 0.3 is 0 Å². The van der Waals surface area contributed by atoms with E-state index in [0.29, 0.717) is 5.82 Å². The van der Waals surface area contributed by atoms with E-state index in [1.165, 1.54) is 0 Å². The van der Waals surface area contributed by atoms with Crippen LogP contribution in [0.15, 0.2) is 24.3 Å². The van der Waals surface area contributed by atoms with Crippen LogP contribution in [0, 0.1) is 0 Å². The van der Waals surface area contributed by atoms with Gasteiger partial charge < -0.3 is 16.4 Å². The normalized spacial score (nSPS) is 12.4. The fraction of sp³-hybridized carbons (Fsp3) is 0.357. The lowest BCUT2D eigenvalue weighted by molar-refractivity contribution is -0.122. The maximum atomic E-state index is 11.9. The molecule has 0 radical (unpaired) electrons. The highest BCUT2D eigenvalue weighted by Gasteiger charge is 2.15. The van der Waals surface area contributed by atoms with Gasteiger partial charge in [-0.05, 0) is 32.9 Å². The van der Waals surface area contributed by atoms with Crippen molar-refractivity contribution >= 4 is 28.6 Å². The van der Waals surface area contributed by atoms with Gasteiger partial charge in [0.15, 0.2) is 0 Å². The van der Waals surface area contributed by atoms with Gasteiger partial charge in [0.25, 0.3) is 0 Å². The first-order chi connectivity index (χ1) is 9.47. The van der Waals surface area contributed by atoms with E-state index in [2.05, 4.69) is 20.6 Å². The van der Waals surface area contributed by atoms with Crippen molar-refractivity contribution in [2.75, 3.05) is 11.1 Å². The summed E-state index contributed by atoms with van der Waals surface area (Å²) < 4.78 is 0. The second-order valence-corrected chi connectivity index (χ2v) is 4.98. The van der Waals surface area contributed by atoms with Gasteiger partial charge in [-0.2, -0.15) is 4.98 Å². The monoisotopic (exact) mass is 273 g/mol. The van der Waals surface area contributed by atoms with Crippen LogP contribution in [0.4, 0.5) is 11.8 Å². The number of benzene rings is 1. The van der Waals surface area contributed by atoms with E-state index < -0.39 is 6.04 Å². The number of carbonyl (C=O) groups is 1. The smallest absolute Gasteiger partial charge is 0.242 e. The van der Waals surface area contributed by atoms with Crippen molar-refractivity contribution in [3.05, 3.63) is 24.3 Å². The van der Waals surface area contributed by atoms with E-state index in [1.807, 2.05) is 38.1 Å². The Bertz CT molecular complexity index is 626.